The summed E-state index contributed by atoms with van der Waals surface area (Å²) < 4.78 is 13.3. The molecule has 1 rings (SSSR count). The van der Waals surface area contributed by atoms with Crippen LogP contribution in [-0.2, 0) is 5.54 Å². The van der Waals surface area contributed by atoms with Crippen molar-refractivity contribution < 1.29 is 9.50 Å². The fourth-order valence-corrected chi connectivity index (χ4v) is 1.48. The third-order valence-corrected chi connectivity index (χ3v) is 2.43. The summed E-state index contributed by atoms with van der Waals surface area (Å²) in [5.74, 6) is -0.700. The summed E-state index contributed by atoms with van der Waals surface area (Å²) in [6.45, 7) is 1.24. The molecule has 0 radical (unpaired) electrons. The van der Waals surface area contributed by atoms with E-state index in [1.165, 1.54) is 12.1 Å². The molecule has 0 saturated heterocycles. The maximum Gasteiger partial charge on any atom is 0.164 e. The van der Waals surface area contributed by atoms with Crippen molar-refractivity contribution in [2.75, 3.05) is 12.3 Å². The van der Waals surface area contributed by atoms with E-state index in [2.05, 4.69) is 0 Å². The molecule has 1 atom stereocenters. The van der Waals surface area contributed by atoms with E-state index in [0.29, 0.717) is 5.56 Å². The Kier molecular flexibility index (Phi) is 2.99. The Labute approximate surface area is 86.5 Å². The second-order valence-corrected chi connectivity index (χ2v) is 3.78. The number of nitrogens with two attached hydrogens (primary N) is 2. The highest BCUT2D eigenvalue weighted by Crippen LogP contribution is 2.30. The summed E-state index contributed by atoms with van der Waals surface area (Å²) in [6, 6.07) is 2.88. The summed E-state index contributed by atoms with van der Waals surface area (Å²) in [4.78, 5) is 0. The largest absolute Gasteiger partial charge is 0.396 e. The first kappa shape index (κ1) is 11.2. The zero-order valence-corrected chi connectivity index (χ0v) is 8.48. The minimum Gasteiger partial charge on any atom is -0.396 e. The average molecular weight is 219 g/mol. The molecule has 5 heteroatoms. The van der Waals surface area contributed by atoms with Crippen LogP contribution in [0.2, 0.25) is 5.02 Å². The molecule has 0 bridgehead atoms. The smallest absolute Gasteiger partial charge is 0.164 e. The van der Waals surface area contributed by atoms with Gasteiger partial charge in [-0.3, -0.25) is 0 Å². The third kappa shape index (κ3) is 1.82. The first-order valence-corrected chi connectivity index (χ1v) is 4.41. The zero-order chi connectivity index (χ0) is 10.9. The Bertz CT molecular complexity index is 355. The summed E-state index contributed by atoms with van der Waals surface area (Å²) in [5, 5.41) is 8.86. The van der Waals surface area contributed by atoms with Crippen molar-refractivity contribution in [2.24, 2.45) is 5.73 Å². The molecule has 5 N–H and O–H groups in total. The van der Waals surface area contributed by atoms with Crippen molar-refractivity contribution in [1.29, 1.82) is 0 Å². The van der Waals surface area contributed by atoms with Crippen LogP contribution < -0.4 is 11.5 Å². The van der Waals surface area contributed by atoms with Gasteiger partial charge in [-0.15, -0.1) is 0 Å². The summed E-state index contributed by atoms with van der Waals surface area (Å²) >= 11 is 5.72. The summed E-state index contributed by atoms with van der Waals surface area (Å²) in [5.41, 5.74) is 10.3. The van der Waals surface area contributed by atoms with E-state index in [-0.39, 0.29) is 17.3 Å². The third-order valence-electron chi connectivity index (χ3n) is 2.06. The van der Waals surface area contributed by atoms with Crippen molar-refractivity contribution in [3.8, 4) is 0 Å². The molecule has 0 fully saturated rings. The Morgan fingerprint density at radius 2 is 2.14 bits per heavy atom. The van der Waals surface area contributed by atoms with Gasteiger partial charge in [-0.1, -0.05) is 17.7 Å². The standard InChI is InChI=1S/C9H12ClFN2O/c1-9(13,4-14)5-2-3-6(12)8(11)7(5)10/h2-3,14H,4,12-13H2,1H3. The van der Waals surface area contributed by atoms with Gasteiger partial charge in [0.15, 0.2) is 5.82 Å². The molecule has 3 nitrogen and oxygen atoms in total. The number of hydrogen-bond donors (Lipinski definition) is 3. The molecular weight excluding hydrogens is 207 g/mol. The monoisotopic (exact) mass is 218 g/mol. The lowest BCUT2D eigenvalue weighted by Crippen LogP contribution is -2.37. The quantitative estimate of drug-likeness (QED) is 0.654. The van der Waals surface area contributed by atoms with Crippen LogP contribution in [0.3, 0.4) is 0 Å². The van der Waals surface area contributed by atoms with Crippen LogP contribution in [0.15, 0.2) is 12.1 Å². The highest BCUT2D eigenvalue weighted by atomic mass is 35.5. The zero-order valence-electron chi connectivity index (χ0n) is 7.72. The number of rotatable bonds is 2. The van der Waals surface area contributed by atoms with Crippen LogP contribution in [0.5, 0.6) is 0 Å². The van der Waals surface area contributed by atoms with Gasteiger partial charge >= 0.3 is 0 Å². The molecular formula is C9H12ClFN2O. The Morgan fingerprint density at radius 1 is 1.57 bits per heavy atom. The molecule has 1 aromatic carbocycles. The number of nitrogen functional groups attached to an aromatic ring is 1. The lowest BCUT2D eigenvalue weighted by molar-refractivity contribution is 0.210. The van der Waals surface area contributed by atoms with Crippen LogP contribution >= 0.6 is 11.6 Å². The molecule has 0 spiro atoms. The Hall–Kier alpha value is -0.840. The normalized spacial score (nSPS) is 15.2. The van der Waals surface area contributed by atoms with Crippen LogP contribution in [0, 0.1) is 5.82 Å². The van der Waals surface area contributed by atoms with Crippen molar-refractivity contribution >= 4 is 17.3 Å². The predicted octanol–water partition coefficient (Wildman–Crippen LogP) is 1.23. The van der Waals surface area contributed by atoms with Crippen LogP contribution in [0.1, 0.15) is 12.5 Å². The summed E-state index contributed by atoms with van der Waals surface area (Å²) in [7, 11) is 0. The second kappa shape index (κ2) is 3.73. The van der Waals surface area contributed by atoms with Crippen molar-refractivity contribution in [3.63, 3.8) is 0 Å². The first-order valence-electron chi connectivity index (χ1n) is 4.04. The molecule has 0 aliphatic carbocycles. The molecule has 0 saturated carbocycles. The number of aliphatic hydroxyl groups excluding tert-OH is 1. The van der Waals surface area contributed by atoms with E-state index in [1.807, 2.05) is 0 Å². The molecule has 78 valence electrons. The van der Waals surface area contributed by atoms with Crippen molar-refractivity contribution in [1.82, 2.24) is 0 Å². The first-order chi connectivity index (χ1) is 6.40. The molecule has 0 amide bonds. The molecule has 0 aromatic heterocycles. The van der Waals surface area contributed by atoms with Gasteiger partial charge in [0.05, 0.1) is 22.9 Å². The molecule has 0 heterocycles. The number of halogens is 2. The Balaban J connectivity index is 3.31. The molecule has 14 heavy (non-hydrogen) atoms. The number of anilines is 1. The number of aliphatic hydroxyl groups is 1. The minimum atomic E-state index is -1.06. The van der Waals surface area contributed by atoms with Gasteiger partial charge in [0.2, 0.25) is 0 Å². The highest BCUT2D eigenvalue weighted by Gasteiger charge is 2.25. The molecule has 0 aliphatic heterocycles. The maximum atomic E-state index is 13.3. The SMILES string of the molecule is CC(N)(CO)c1ccc(N)c(F)c1Cl. The van der Waals surface area contributed by atoms with E-state index in [4.69, 9.17) is 28.2 Å². The van der Waals surface area contributed by atoms with Crippen molar-refractivity contribution in [3.05, 3.63) is 28.5 Å². The van der Waals surface area contributed by atoms with Gasteiger partial charge in [0, 0.05) is 0 Å². The van der Waals surface area contributed by atoms with E-state index in [0.717, 1.165) is 0 Å². The Morgan fingerprint density at radius 3 is 2.64 bits per heavy atom. The van der Waals surface area contributed by atoms with E-state index in [9.17, 15) is 4.39 Å². The molecule has 0 aliphatic rings. The molecule has 1 unspecified atom stereocenters. The van der Waals surface area contributed by atoms with Crippen LogP contribution in [0.25, 0.3) is 0 Å². The van der Waals surface area contributed by atoms with E-state index < -0.39 is 11.4 Å². The van der Waals surface area contributed by atoms with Gasteiger partial charge < -0.3 is 16.6 Å². The van der Waals surface area contributed by atoms with Crippen molar-refractivity contribution in [2.45, 2.75) is 12.5 Å². The van der Waals surface area contributed by atoms with Crippen LogP contribution in [-0.4, -0.2) is 11.7 Å². The number of benzene rings is 1. The van der Waals surface area contributed by atoms with E-state index in [1.54, 1.807) is 6.92 Å². The lowest BCUT2D eigenvalue weighted by Gasteiger charge is -2.23. The van der Waals surface area contributed by atoms with Gasteiger partial charge in [-0.25, -0.2) is 4.39 Å². The maximum absolute atomic E-state index is 13.3. The van der Waals surface area contributed by atoms with Gasteiger partial charge in [0.25, 0.3) is 0 Å². The minimum absolute atomic E-state index is 0.0347. The fourth-order valence-electron chi connectivity index (χ4n) is 1.09. The van der Waals surface area contributed by atoms with Crippen LogP contribution in [0.4, 0.5) is 10.1 Å². The van der Waals surface area contributed by atoms with Gasteiger partial charge in [-0.2, -0.15) is 0 Å². The molecule has 1 aromatic rings. The second-order valence-electron chi connectivity index (χ2n) is 3.41. The predicted molar refractivity (Wildman–Crippen MR) is 54.4 cm³/mol. The lowest BCUT2D eigenvalue weighted by atomic mass is 9.94. The fraction of sp³-hybridized carbons (Fsp3) is 0.333. The highest BCUT2D eigenvalue weighted by molar-refractivity contribution is 6.31. The number of hydrogen-bond acceptors (Lipinski definition) is 3. The average Bonchev–Trinajstić information content (AvgIpc) is 2.14. The topological polar surface area (TPSA) is 72.3 Å². The van der Waals surface area contributed by atoms with Gasteiger partial charge in [0.1, 0.15) is 0 Å². The summed E-state index contributed by atoms with van der Waals surface area (Å²) in [6.07, 6.45) is 0. The van der Waals surface area contributed by atoms with Gasteiger partial charge in [-0.05, 0) is 18.6 Å². The van der Waals surface area contributed by atoms with E-state index >= 15 is 0 Å².